The summed E-state index contributed by atoms with van der Waals surface area (Å²) in [6, 6.07) is 13.9. The molecular weight excluding hydrogens is 450 g/mol. The predicted molar refractivity (Wildman–Crippen MR) is 126 cm³/mol. The predicted octanol–water partition coefficient (Wildman–Crippen LogP) is 5.33. The van der Waals surface area contributed by atoms with Gasteiger partial charge in [0, 0.05) is 18.0 Å². The van der Waals surface area contributed by atoms with Crippen molar-refractivity contribution in [2.75, 3.05) is 11.9 Å². The minimum atomic E-state index is -0.277. The first kappa shape index (κ1) is 21.9. The van der Waals surface area contributed by atoms with Gasteiger partial charge in [-0.15, -0.1) is 11.3 Å². The zero-order valence-corrected chi connectivity index (χ0v) is 18.8. The number of aromatic nitrogens is 2. The van der Waals surface area contributed by atoms with Crippen LogP contribution in [0.15, 0.2) is 65.0 Å². The van der Waals surface area contributed by atoms with Gasteiger partial charge >= 0.3 is 0 Å². The van der Waals surface area contributed by atoms with Gasteiger partial charge in [-0.05, 0) is 60.8 Å². The molecule has 0 aliphatic heterocycles. The van der Waals surface area contributed by atoms with Crippen molar-refractivity contribution < 1.29 is 14.3 Å². The highest BCUT2D eigenvalue weighted by molar-refractivity contribution is 7.16. The van der Waals surface area contributed by atoms with Crippen LogP contribution in [0.25, 0.3) is 10.2 Å². The van der Waals surface area contributed by atoms with E-state index in [0.29, 0.717) is 39.0 Å². The number of anilines is 1. The van der Waals surface area contributed by atoms with Crippen LogP contribution >= 0.6 is 22.9 Å². The highest BCUT2D eigenvalue weighted by Crippen LogP contribution is 2.33. The summed E-state index contributed by atoms with van der Waals surface area (Å²) < 4.78 is 12.8. The van der Waals surface area contributed by atoms with E-state index in [0.717, 1.165) is 5.75 Å². The number of fused-ring (bicyclic) bond motifs is 1. The zero-order valence-electron chi connectivity index (χ0n) is 17.2. The number of benzene rings is 2. The van der Waals surface area contributed by atoms with Crippen molar-refractivity contribution in [3.05, 3.63) is 75.6 Å². The summed E-state index contributed by atoms with van der Waals surface area (Å²) in [5.74, 6) is 1.51. The van der Waals surface area contributed by atoms with Crippen LogP contribution in [0.2, 0.25) is 5.02 Å². The smallest absolute Gasteiger partial charge is 0.262 e. The van der Waals surface area contributed by atoms with E-state index in [-0.39, 0.29) is 24.4 Å². The Bertz CT molecular complexity index is 1300. The van der Waals surface area contributed by atoms with Crippen LogP contribution in [-0.4, -0.2) is 22.1 Å². The van der Waals surface area contributed by atoms with Crippen LogP contribution < -0.4 is 20.3 Å². The third-order valence-corrected chi connectivity index (χ3v) is 5.66. The van der Waals surface area contributed by atoms with Gasteiger partial charge in [0.2, 0.25) is 5.91 Å². The van der Waals surface area contributed by atoms with Crippen LogP contribution in [0.4, 0.5) is 5.69 Å². The van der Waals surface area contributed by atoms with Crippen molar-refractivity contribution >= 4 is 44.7 Å². The van der Waals surface area contributed by atoms with Gasteiger partial charge in [-0.3, -0.25) is 14.2 Å². The van der Waals surface area contributed by atoms with E-state index in [4.69, 9.17) is 21.1 Å². The van der Waals surface area contributed by atoms with E-state index < -0.39 is 0 Å². The zero-order chi connectivity index (χ0) is 22.5. The van der Waals surface area contributed by atoms with Crippen LogP contribution in [0.3, 0.4) is 0 Å². The molecule has 1 amide bonds. The van der Waals surface area contributed by atoms with E-state index in [1.54, 1.807) is 36.4 Å². The minimum absolute atomic E-state index is 0.0895. The number of ether oxygens (including phenoxy) is 2. The Labute approximate surface area is 193 Å². The summed E-state index contributed by atoms with van der Waals surface area (Å²) in [6.45, 7) is 2.70. The molecule has 9 heteroatoms. The van der Waals surface area contributed by atoms with Gasteiger partial charge in [-0.25, -0.2) is 4.98 Å². The number of aryl methyl sites for hydroxylation is 1. The van der Waals surface area contributed by atoms with Crippen LogP contribution in [-0.2, 0) is 11.3 Å². The summed E-state index contributed by atoms with van der Waals surface area (Å²) in [5.41, 5.74) is 0.279. The molecule has 0 saturated carbocycles. The van der Waals surface area contributed by atoms with Crippen molar-refractivity contribution in [2.45, 2.75) is 19.9 Å². The second kappa shape index (κ2) is 9.84. The van der Waals surface area contributed by atoms with Crippen molar-refractivity contribution in [2.24, 2.45) is 0 Å². The molecule has 0 spiro atoms. The molecule has 0 atom stereocenters. The quantitative estimate of drug-likeness (QED) is 0.377. The number of rotatable bonds is 8. The van der Waals surface area contributed by atoms with Crippen molar-refractivity contribution in [3.8, 4) is 17.2 Å². The van der Waals surface area contributed by atoms with Crippen molar-refractivity contribution in [1.82, 2.24) is 9.55 Å². The second-order valence-corrected chi connectivity index (χ2v) is 8.16. The Morgan fingerprint density at radius 1 is 1.16 bits per heavy atom. The molecule has 2 heterocycles. The van der Waals surface area contributed by atoms with Gasteiger partial charge in [0.1, 0.15) is 16.3 Å². The molecule has 7 nitrogen and oxygen atoms in total. The number of hydrogen-bond acceptors (Lipinski definition) is 6. The summed E-state index contributed by atoms with van der Waals surface area (Å²) in [7, 11) is 0. The molecule has 0 aliphatic carbocycles. The molecule has 0 bridgehead atoms. The fourth-order valence-electron chi connectivity index (χ4n) is 3.07. The SMILES string of the molecule is CCOc1ccc(Oc2ccc(Cl)cc2NC(=O)CCn2cnc3sccc3c2=O)cc1. The van der Waals surface area contributed by atoms with E-state index in [1.807, 2.05) is 24.4 Å². The normalized spacial score (nSPS) is 10.8. The molecule has 4 rings (SSSR count). The fourth-order valence-corrected chi connectivity index (χ4v) is 3.97. The Morgan fingerprint density at radius 3 is 2.72 bits per heavy atom. The standard InChI is InChI=1S/C23H20ClN3O4S/c1-2-30-16-4-6-17(7-5-16)31-20-8-3-15(24)13-19(20)26-21(28)9-11-27-14-25-22-18(23(27)29)10-12-32-22/h3-8,10,12-14H,2,9,11H2,1H3,(H,26,28). The lowest BCUT2D eigenvalue weighted by Gasteiger charge is -2.13. The van der Waals surface area contributed by atoms with Gasteiger partial charge in [-0.1, -0.05) is 11.6 Å². The molecule has 2 aromatic heterocycles. The van der Waals surface area contributed by atoms with Gasteiger partial charge in [0.25, 0.3) is 5.56 Å². The van der Waals surface area contributed by atoms with Gasteiger partial charge in [0.15, 0.2) is 5.75 Å². The Balaban J connectivity index is 1.44. The molecule has 2 aromatic carbocycles. The van der Waals surface area contributed by atoms with Crippen LogP contribution in [0.5, 0.6) is 17.2 Å². The van der Waals surface area contributed by atoms with Crippen LogP contribution in [0.1, 0.15) is 13.3 Å². The monoisotopic (exact) mass is 469 g/mol. The molecule has 32 heavy (non-hydrogen) atoms. The second-order valence-electron chi connectivity index (χ2n) is 6.83. The molecular formula is C23H20ClN3O4S. The van der Waals surface area contributed by atoms with Crippen molar-refractivity contribution in [1.29, 1.82) is 0 Å². The maximum absolute atomic E-state index is 12.6. The van der Waals surface area contributed by atoms with Gasteiger partial charge < -0.3 is 14.8 Å². The van der Waals surface area contributed by atoms with Crippen LogP contribution in [0, 0.1) is 0 Å². The first-order valence-corrected chi connectivity index (χ1v) is 11.2. The first-order chi connectivity index (χ1) is 15.5. The Morgan fingerprint density at radius 2 is 1.94 bits per heavy atom. The largest absolute Gasteiger partial charge is 0.494 e. The lowest BCUT2D eigenvalue weighted by molar-refractivity contribution is -0.116. The van der Waals surface area contributed by atoms with Gasteiger partial charge in [-0.2, -0.15) is 0 Å². The third kappa shape index (κ3) is 5.09. The molecule has 0 fully saturated rings. The molecule has 4 aromatic rings. The van der Waals surface area contributed by atoms with E-state index in [9.17, 15) is 9.59 Å². The van der Waals surface area contributed by atoms with E-state index in [1.165, 1.54) is 22.2 Å². The highest BCUT2D eigenvalue weighted by Gasteiger charge is 2.12. The summed E-state index contributed by atoms with van der Waals surface area (Å²) >= 11 is 7.53. The number of nitrogens with one attached hydrogen (secondary N) is 1. The summed E-state index contributed by atoms with van der Waals surface area (Å²) in [6.07, 6.45) is 1.56. The number of halogens is 1. The number of amides is 1. The molecule has 164 valence electrons. The third-order valence-electron chi connectivity index (χ3n) is 4.61. The number of carbonyl (C=O) groups excluding carboxylic acids is 1. The Kier molecular flexibility index (Phi) is 6.72. The number of carbonyl (C=O) groups is 1. The molecule has 0 unspecified atom stereocenters. The van der Waals surface area contributed by atoms with E-state index >= 15 is 0 Å². The Hall–Kier alpha value is -3.36. The van der Waals surface area contributed by atoms with E-state index in [2.05, 4.69) is 10.3 Å². The maximum Gasteiger partial charge on any atom is 0.262 e. The van der Waals surface area contributed by atoms with Gasteiger partial charge in [0.05, 0.1) is 24.0 Å². The first-order valence-electron chi connectivity index (χ1n) is 9.96. The lowest BCUT2D eigenvalue weighted by atomic mass is 10.2. The molecule has 1 N–H and O–H groups in total. The molecule has 0 radical (unpaired) electrons. The lowest BCUT2D eigenvalue weighted by Crippen LogP contribution is -2.23. The average molecular weight is 470 g/mol. The number of hydrogen-bond donors (Lipinski definition) is 1. The van der Waals surface area contributed by atoms with Crippen molar-refractivity contribution in [3.63, 3.8) is 0 Å². The minimum Gasteiger partial charge on any atom is -0.494 e. The topological polar surface area (TPSA) is 82.4 Å². The average Bonchev–Trinajstić information content (AvgIpc) is 3.26. The number of nitrogens with zero attached hydrogens (tertiary/aromatic N) is 2. The number of thiophene rings is 1. The maximum atomic E-state index is 12.6. The molecule has 0 saturated heterocycles. The molecule has 0 aliphatic rings. The highest BCUT2D eigenvalue weighted by atomic mass is 35.5. The summed E-state index contributed by atoms with van der Waals surface area (Å²) in [5, 5.41) is 5.65. The summed E-state index contributed by atoms with van der Waals surface area (Å²) in [4.78, 5) is 30.0. The fraction of sp³-hybridized carbons (Fsp3) is 0.174.